The van der Waals surface area contributed by atoms with E-state index in [4.69, 9.17) is 4.74 Å². The van der Waals surface area contributed by atoms with Crippen LogP contribution in [-0.4, -0.2) is 40.8 Å². The van der Waals surface area contributed by atoms with E-state index in [0.29, 0.717) is 0 Å². The maximum atomic E-state index is 13.1. The number of nitrogens with one attached hydrogen (secondary N) is 1. The Kier molecular flexibility index (Phi) is 4.54. The molecule has 0 radical (unpaired) electrons. The summed E-state index contributed by atoms with van der Waals surface area (Å²) < 4.78 is 18.1. The van der Waals surface area contributed by atoms with Crippen LogP contribution in [0.1, 0.15) is 24.5 Å². The van der Waals surface area contributed by atoms with Crippen molar-refractivity contribution in [3.05, 3.63) is 35.6 Å². The lowest BCUT2D eigenvalue weighted by Gasteiger charge is -2.24. The quantitative estimate of drug-likeness (QED) is 0.740. The van der Waals surface area contributed by atoms with Gasteiger partial charge in [0.25, 0.3) is 0 Å². The van der Waals surface area contributed by atoms with Crippen LogP contribution in [0.2, 0.25) is 0 Å². The topological polar surface area (TPSA) is 95.9 Å². The van der Waals surface area contributed by atoms with Gasteiger partial charge in [0, 0.05) is 13.0 Å². The number of carboxylic acids is 1. The molecule has 0 aliphatic carbocycles. The number of carboxylic acid groups (broad SMARTS) is 1. The van der Waals surface area contributed by atoms with E-state index in [9.17, 15) is 24.2 Å². The number of aliphatic carboxylic acids is 1. The van der Waals surface area contributed by atoms with Crippen molar-refractivity contribution in [3.63, 3.8) is 0 Å². The Balaban J connectivity index is 1.99. The molecular weight excluding hydrogens is 281 g/mol. The van der Waals surface area contributed by atoms with Gasteiger partial charge in [0.05, 0.1) is 19.1 Å². The van der Waals surface area contributed by atoms with Crippen LogP contribution in [0.3, 0.4) is 0 Å². The molecule has 1 saturated heterocycles. The van der Waals surface area contributed by atoms with Crippen LogP contribution in [0.25, 0.3) is 0 Å². The fraction of sp³-hybridized carbons (Fsp3) is 0.429. The molecule has 1 heterocycles. The van der Waals surface area contributed by atoms with Gasteiger partial charge in [0.2, 0.25) is 5.91 Å². The average Bonchev–Trinajstić information content (AvgIpc) is 2.88. The Labute approximate surface area is 120 Å². The molecule has 2 atom stereocenters. The highest BCUT2D eigenvalue weighted by atomic mass is 19.1. The lowest BCUT2D eigenvalue weighted by Crippen LogP contribution is -2.55. The predicted molar refractivity (Wildman–Crippen MR) is 69.9 cm³/mol. The molecular formula is C14H16FNO5. The molecule has 1 aromatic carbocycles. The number of carbonyl (C=O) groups excluding carboxylic acids is 1. The van der Waals surface area contributed by atoms with Crippen molar-refractivity contribution in [1.82, 2.24) is 5.32 Å². The van der Waals surface area contributed by atoms with Crippen molar-refractivity contribution >= 4 is 11.9 Å². The van der Waals surface area contributed by atoms with Gasteiger partial charge in [-0.25, -0.2) is 9.18 Å². The van der Waals surface area contributed by atoms with E-state index in [2.05, 4.69) is 5.32 Å². The number of halogens is 1. The Morgan fingerprint density at radius 2 is 2.24 bits per heavy atom. The summed E-state index contributed by atoms with van der Waals surface area (Å²) in [5.74, 6) is -2.31. The van der Waals surface area contributed by atoms with Crippen LogP contribution < -0.4 is 5.32 Å². The lowest BCUT2D eigenvalue weighted by molar-refractivity contribution is -0.148. The first kappa shape index (κ1) is 15.4. The summed E-state index contributed by atoms with van der Waals surface area (Å²) in [5, 5.41) is 21.5. The van der Waals surface area contributed by atoms with Crippen LogP contribution in [0, 0.1) is 5.82 Å². The molecule has 1 aromatic rings. The van der Waals surface area contributed by atoms with Gasteiger partial charge < -0.3 is 20.3 Å². The molecule has 2 rings (SSSR count). The SMILES string of the molecule is O=C(CC(O)c1cccc(F)c1)NC1(C(=O)O)CCOC1. The monoisotopic (exact) mass is 297 g/mol. The van der Waals surface area contributed by atoms with E-state index in [1.807, 2.05) is 0 Å². The van der Waals surface area contributed by atoms with Gasteiger partial charge in [-0.2, -0.15) is 0 Å². The van der Waals surface area contributed by atoms with Crippen LogP contribution >= 0.6 is 0 Å². The number of hydrogen-bond acceptors (Lipinski definition) is 4. The summed E-state index contributed by atoms with van der Waals surface area (Å²) in [7, 11) is 0. The summed E-state index contributed by atoms with van der Waals surface area (Å²) in [6.07, 6.45) is -1.38. The van der Waals surface area contributed by atoms with E-state index in [-0.39, 0.29) is 31.6 Å². The summed E-state index contributed by atoms with van der Waals surface area (Å²) >= 11 is 0. The minimum atomic E-state index is -1.45. The molecule has 1 aliphatic rings. The van der Waals surface area contributed by atoms with Crippen molar-refractivity contribution in [3.8, 4) is 0 Å². The number of hydrogen-bond donors (Lipinski definition) is 3. The molecule has 0 aromatic heterocycles. The number of aliphatic hydroxyl groups is 1. The van der Waals surface area contributed by atoms with E-state index in [1.54, 1.807) is 0 Å². The van der Waals surface area contributed by atoms with Crippen molar-refractivity contribution in [1.29, 1.82) is 0 Å². The zero-order chi connectivity index (χ0) is 15.5. The van der Waals surface area contributed by atoms with Gasteiger partial charge in [-0.1, -0.05) is 12.1 Å². The molecule has 3 N–H and O–H groups in total. The van der Waals surface area contributed by atoms with Crippen molar-refractivity contribution < 1.29 is 28.9 Å². The minimum absolute atomic E-state index is 0.107. The highest BCUT2D eigenvalue weighted by molar-refractivity contribution is 5.87. The largest absolute Gasteiger partial charge is 0.479 e. The molecule has 6 nitrogen and oxygen atoms in total. The second kappa shape index (κ2) is 6.19. The molecule has 7 heteroatoms. The van der Waals surface area contributed by atoms with E-state index in [1.165, 1.54) is 18.2 Å². The van der Waals surface area contributed by atoms with Gasteiger partial charge in [-0.05, 0) is 17.7 Å². The third-order valence-corrected chi connectivity index (χ3v) is 3.42. The number of amides is 1. The summed E-state index contributed by atoms with van der Waals surface area (Å²) in [6.45, 7) is 0.142. The molecule has 114 valence electrons. The summed E-state index contributed by atoms with van der Waals surface area (Å²) in [6, 6.07) is 5.27. The Morgan fingerprint density at radius 3 is 2.81 bits per heavy atom. The second-order valence-electron chi connectivity index (χ2n) is 5.01. The first-order valence-corrected chi connectivity index (χ1v) is 6.49. The average molecular weight is 297 g/mol. The standard InChI is InChI=1S/C14H16FNO5/c15-10-3-1-2-9(6-10)11(17)7-12(18)16-14(13(19)20)4-5-21-8-14/h1-3,6,11,17H,4-5,7-8H2,(H,16,18)(H,19,20). The molecule has 1 aliphatic heterocycles. The highest BCUT2D eigenvalue weighted by Gasteiger charge is 2.44. The minimum Gasteiger partial charge on any atom is -0.479 e. The van der Waals surface area contributed by atoms with E-state index < -0.39 is 29.3 Å². The number of rotatable bonds is 5. The fourth-order valence-electron chi connectivity index (χ4n) is 2.21. The van der Waals surface area contributed by atoms with E-state index >= 15 is 0 Å². The zero-order valence-corrected chi connectivity index (χ0v) is 11.2. The molecule has 0 saturated carbocycles. The summed E-state index contributed by atoms with van der Waals surface area (Å²) in [5.41, 5.74) is -1.18. The van der Waals surface area contributed by atoms with Crippen LogP contribution in [-0.2, 0) is 14.3 Å². The number of aliphatic hydroxyl groups excluding tert-OH is 1. The maximum Gasteiger partial charge on any atom is 0.331 e. The molecule has 0 bridgehead atoms. The van der Waals surface area contributed by atoms with E-state index in [0.717, 1.165) is 6.07 Å². The van der Waals surface area contributed by atoms with Crippen molar-refractivity contribution in [2.24, 2.45) is 0 Å². The van der Waals surface area contributed by atoms with Crippen molar-refractivity contribution in [2.75, 3.05) is 13.2 Å². The lowest BCUT2D eigenvalue weighted by atomic mass is 9.98. The Bertz CT molecular complexity index is 542. The maximum absolute atomic E-state index is 13.1. The van der Waals surface area contributed by atoms with Crippen molar-refractivity contribution in [2.45, 2.75) is 24.5 Å². The molecule has 2 unspecified atom stereocenters. The Hall–Kier alpha value is -1.99. The zero-order valence-electron chi connectivity index (χ0n) is 11.2. The molecule has 1 amide bonds. The number of benzene rings is 1. The first-order chi connectivity index (χ1) is 9.93. The smallest absolute Gasteiger partial charge is 0.331 e. The molecule has 21 heavy (non-hydrogen) atoms. The fourth-order valence-corrected chi connectivity index (χ4v) is 2.21. The summed E-state index contributed by atoms with van der Waals surface area (Å²) in [4.78, 5) is 23.1. The number of carbonyl (C=O) groups is 2. The normalized spacial score (nSPS) is 22.8. The molecule has 0 spiro atoms. The third kappa shape index (κ3) is 3.56. The van der Waals surface area contributed by atoms with Gasteiger partial charge >= 0.3 is 5.97 Å². The van der Waals surface area contributed by atoms with Gasteiger partial charge in [-0.3, -0.25) is 4.79 Å². The first-order valence-electron chi connectivity index (χ1n) is 6.49. The van der Waals surface area contributed by atoms with Crippen LogP contribution in [0.5, 0.6) is 0 Å². The Morgan fingerprint density at radius 1 is 1.48 bits per heavy atom. The third-order valence-electron chi connectivity index (χ3n) is 3.42. The van der Waals surface area contributed by atoms with Crippen LogP contribution in [0.4, 0.5) is 4.39 Å². The predicted octanol–water partition coefficient (Wildman–Crippen LogP) is 0.609. The second-order valence-corrected chi connectivity index (χ2v) is 5.01. The highest BCUT2D eigenvalue weighted by Crippen LogP contribution is 2.21. The van der Waals surface area contributed by atoms with Crippen LogP contribution in [0.15, 0.2) is 24.3 Å². The van der Waals surface area contributed by atoms with Gasteiger partial charge in [0.15, 0.2) is 5.54 Å². The van der Waals surface area contributed by atoms with Gasteiger partial charge in [0.1, 0.15) is 5.82 Å². The van der Waals surface area contributed by atoms with Gasteiger partial charge in [-0.15, -0.1) is 0 Å². The molecule has 1 fully saturated rings. The number of ether oxygens (including phenoxy) is 1.